The van der Waals surface area contributed by atoms with Crippen LogP contribution >= 0.6 is 0 Å². The second-order valence-electron chi connectivity index (χ2n) is 17.4. The van der Waals surface area contributed by atoms with E-state index < -0.39 is 24.3 Å². The van der Waals surface area contributed by atoms with Crippen molar-refractivity contribution < 1.29 is 42.9 Å². The van der Waals surface area contributed by atoms with Crippen LogP contribution in [0.15, 0.2) is 36.5 Å². The van der Waals surface area contributed by atoms with Gasteiger partial charge in [0.2, 0.25) is 0 Å². The van der Waals surface area contributed by atoms with Gasteiger partial charge in [0.1, 0.15) is 13.2 Å². The number of unbranched alkanes of at least 4 members (excludes halogenated alkanes) is 23. The molecule has 0 radical (unpaired) electrons. The summed E-state index contributed by atoms with van der Waals surface area (Å²) in [7, 11) is 5.95. The fourth-order valence-corrected chi connectivity index (χ4v) is 6.61. The van der Waals surface area contributed by atoms with Crippen molar-refractivity contribution in [2.45, 2.75) is 219 Å². The summed E-state index contributed by atoms with van der Waals surface area (Å²) in [4.78, 5) is 37.1. The summed E-state index contributed by atoms with van der Waals surface area (Å²) >= 11 is 0. The average molecular weight is 835 g/mol. The number of likely N-dealkylation sites (N-methyl/N-ethyl adjacent to an activating group) is 1. The number of hydrogen-bond acceptors (Lipinski definition) is 7. The van der Waals surface area contributed by atoms with Gasteiger partial charge in [-0.25, -0.2) is 4.79 Å². The Morgan fingerprint density at radius 1 is 0.508 bits per heavy atom. The summed E-state index contributed by atoms with van der Waals surface area (Å²) < 4.78 is 22.7. The van der Waals surface area contributed by atoms with Crippen LogP contribution in [0.25, 0.3) is 0 Å². The molecular weight excluding hydrogens is 743 g/mol. The normalized spacial score (nSPS) is 13.2. The minimum atomic E-state index is -1.51. The summed E-state index contributed by atoms with van der Waals surface area (Å²) in [6, 6.07) is 0. The van der Waals surface area contributed by atoms with E-state index in [2.05, 4.69) is 50.3 Å². The monoisotopic (exact) mass is 835 g/mol. The topological polar surface area (TPSA) is 108 Å². The van der Waals surface area contributed by atoms with Gasteiger partial charge in [0, 0.05) is 12.8 Å². The van der Waals surface area contributed by atoms with E-state index in [0.29, 0.717) is 23.9 Å². The van der Waals surface area contributed by atoms with Crippen LogP contribution in [0.2, 0.25) is 0 Å². The number of hydrogen-bond donors (Lipinski definition) is 1. The predicted octanol–water partition coefficient (Wildman–Crippen LogP) is 13.0. The number of nitrogens with zero attached hydrogens (tertiary/aromatic N) is 1. The van der Waals surface area contributed by atoms with Crippen molar-refractivity contribution in [3.8, 4) is 0 Å². The molecule has 2 atom stereocenters. The minimum absolute atomic E-state index is 0.183. The Morgan fingerprint density at radius 2 is 0.915 bits per heavy atom. The number of carbonyl (C=O) groups is 3. The Morgan fingerprint density at radius 3 is 1.36 bits per heavy atom. The molecule has 0 saturated carbocycles. The summed E-state index contributed by atoms with van der Waals surface area (Å²) in [5.41, 5.74) is 0. The molecule has 0 aliphatic heterocycles. The highest BCUT2D eigenvalue weighted by molar-refractivity contribution is 5.71. The van der Waals surface area contributed by atoms with Gasteiger partial charge in [0.05, 0.1) is 34.4 Å². The van der Waals surface area contributed by atoms with Crippen molar-refractivity contribution in [3.05, 3.63) is 36.5 Å². The molecule has 0 bridgehead atoms. The Kier molecular flexibility index (Phi) is 40.4. The molecule has 9 heteroatoms. The Hall–Kier alpha value is -2.49. The molecule has 0 amide bonds. The van der Waals surface area contributed by atoms with Crippen molar-refractivity contribution in [3.63, 3.8) is 0 Å². The van der Waals surface area contributed by atoms with Crippen molar-refractivity contribution in [2.24, 2.45) is 0 Å². The van der Waals surface area contributed by atoms with Crippen LogP contribution in [0.5, 0.6) is 0 Å². The van der Waals surface area contributed by atoms with Crippen LogP contribution in [0, 0.1) is 0 Å². The highest BCUT2D eigenvalue weighted by atomic mass is 16.7. The summed E-state index contributed by atoms with van der Waals surface area (Å²) in [5.74, 6) is -2.01. The molecule has 0 spiro atoms. The van der Waals surface area contributed by atoms with E-state index in [0.717, 1.165) is 57.8 Å². The van der Waals surface area contributed by atoms with Gasteiger partial charge in [-0.2, -0.15) is 0 Å². The first-order chi connectivity index (χ1) is 28.6. The van der Waals surface area contributed by atoms with Gasteiger partial charge >= 0.3 is 17.9 Å². The molecule has 0 heterocycles. The van der Waals surface area contributed by atoms with Crippen LogP contribution < -0.4 is 0 Å². The van der Waals surface area contributed by atoms with Crippen LogP contribution in [0.1, 0.15) is 206 Å². The lowest BCUT2D eigenvalue weighted by Crippen LogP contribution is -2.40. The number of carboxylic acid groups (broad SMARTS) is 1. The van der Waals surface area contributed by atoms with Crippen LogP contribution in [0.3, 0.4) is 0 Å². The highest BCUT2D eigenvalue weighted by Crippen LogP contribution is 2.15. The maximum absolute atomic E-state index is 12.8. The Labute approximate surface area is 362 Å². The molecule has 0 aromatic heterocycles. The first-order valence-corrected chi connectivity index (χ1v) is 24.2. The average Bonchev–Trinajstić information content (AvgIpc) is 3.19. The number of carbonyl (C=O) groups excluding carboxylic acids is 2. The van der Waals surface area contributed by atoms with E-state index in [1.165, 1.54) is 116 Å². The van der Waals surface area contributed by atoms with Gasteiger partial charge in [-0.1, -0.05) is 179 Å². The fourth-order valence-electron chi connectivity index (χ4n) is 6.61. The second kappa shape index (κ2) is 42.2. The lowest BCUT2D eigenvalue weighted by Gasteiger charge is -2.25. The molecule has 0 saturated heterocycles. The summed E-state index contributed by atoms with van der Waals surface area (Å²) in [5, 5.41) is 9.64. The molecule has 0 aromatic carbocycles. The molecule has 0 fully saturated rings. The molecule has 0 aromatic rings. The number of rotatable bonds is 44. The largest absolute Gasteiger partial charge is 0.477 e. The van der Waals surface area contributed by atoms with Crippen molar-refractivity contribution in [1.29, 1.82) is 0 Å². The van der Waals surface area contributed by atoms with Crippen LogP contribution in [-0.4, -0.2) is 87.4 Å². The number of allylic oxidation sites excluding steroid dienone is 6. The van der Waals surface area contributed by atoms with E-state index in [9.17, 15) is 19.5 Å². The molecule has 0 aliphatic carbocycles. The maximum Gasteiger partial charge on any atom is 0.361 e. The van der Waals surface area contributed by atoms with Crippen LogP contribution in [0.4, 0.5) is 0 Å². The molecule has 2 unspecified atom stereocenters. The molecule has 1 N–H and O–H groups in total. The van der Waals surface area contributed by atoms with Gasteiger partial charge in [0.25, 0.3) is 6.29 Å². The zero-order valence-corrected chi connectivity index (χ0v) is 38.9. The van der Waals surface area contributed by atoms with Gasteiger partial charge in [-0.05, 0) is 51.4 Å². The smallest absolute Gasteiger partial charge is 0.361 e. The first kappa shape index (κ1) is 56.5. The predicted molar refractivity (Wildman–Crippen MR) is 244 cm³/mol. The third kappa shape index (κ3) is 43.4. The quantitative estimate of drug-likeness (QED) is 0.0213. The van der Waals surface area contributed by atoms with E-state index in [1.54, 1.807) is 0 Å². The van der Waals surface area contributed by atoms with Gasteiger partial charge < -0.3 is 28.5 Å². The summed E-state index contributed by atoms with van der Waals surface area (Å²) in [6.07, 6.45) is 44.9. The van der Waals surface area contributed by atoms with E-state index in [-0.39, 0.29) is 32.2 Å². The summed E-state index contributed by atoms with van der Waals surface area (Å²) in [6.45, 7) is 4.85. The molecule has 9 nitrogen and oxygen atoms in total. The lowest BCUT2D eigenvalue weighted by molar-refractivity contribution is -0.870. The second-order valence-corrected chi connectivity index (χ2v) is 17.4. The van der Waals surface area contributed by atoms with E-state index in [4.69, 9.17) is 18.9 Å². The van der Waals surface area contributed by atoms with Gasteiger partial charge in [-0.3, -0.25) is 9.59 Å². The standard InChI is InChI=1S/C50H91NO8/c1-6-8-10-12-14-16-18-19-20-21-22-23-24-25-26-27-28-29-31-33-35-37-39-41-48(53)59-46(45-58-50(49(54)55)56-43-42-51(3,4)5)44-57-47(52)40-38-36-34-32-30-17-15-13-11-9-7-2/h18-19,21-22,24-25,46,50H,6-17,20,23,26-45H2,1-5H3/p+1/b19-18-,22-21-,25-24-. The van der Waals surface area contributed by atoms with Crippen LogP contribution in [-0.2, 0) is 33.3 Å². The first-order valence-electron chi connectivity index (χ1n) is 24.2. The molecular formula is C50H92NO8+. The van der Waals surface area contributed by atoms with Gasteiger partial charge in [0.15, 0.2) is 6.10 Å². The van der Waals surface area contributed by atoms with E-state index in [1.807, 2.05) is 21.1 Å². The third-order valence-electron chi connectivity index (χ3n) is 10.4. The lowest BCUT2D eigenvalue weighted by atomic mass is 10.1. The zero-order valence-electron chi connectivity index (χ0n) is 38.9. The molecule has 0 aliphatic rings. The number of esters is 2. The maximum atomic E-state index is 12.8. The highest BCUT2D eigenvalue weighted by Gasteiger charge is 2.25. The minimum Gasteiger partial charge on any atom is -0.477 e. The number of aliphatic carboxylic acids is 1. The third-order valence-corrected chi connectivity index (χ3v) is 10.4. The fraction of sp³-hybridized carbons (Fsp3) is 0.820. The zero-order chi connectivity index (χ0) is 43.5. The molecule has 59 heavy (non-hydrogen) atoms. The number of carboxylic acids is 1. The Balaban J connectivity index is 4.33. The van der Waals surface area contributed by atoms with Crippen molar-refractivity contribution in [2.75, 3.05) is 47.5 Å². The van der Waals surface area contributed by atoms with Gasteiger partial charge in [-0.15, -0.1) is 0 Å². The van der Waals surface area contributed by atoms with Crippen molar-refractivity contribution in [1.82, 2.24) is 0 Å². The van der Waals surface area contributed by atoms with E-state index >= 15 is 0 Å². The molecule has 344 valence electrons. The number of ether oxygens (including phenoxy) is 4. The van der Waals surface area contributed by atoms with Crippen molar-refractivity contribution >= 4 is 17.9 Å². The Bertz CT molecular complexity index is 1070. The SMILES string of the molecule is CCCCCCC/C=C\C/C=C\C/C=C\CCCCCCCCCCC(=O)OC(COC(=O)CCCCCCCCCCCCC)COC(OCC[N+](C)(C)C)C(=O)O. The molecule has 0 rings (SSSR count). The number of quaternary nitrogens is 1.